The summed E-state index contributed by atoms with van der Waals surface area (Å²) in [7, 11) is 1.85. The van der Waals surface area contributed by atoms with Gasteiger partial charge in [0.15, 0.2) is 0 Å². The number of amides is 1. The third-order valence-electron chi connectivity index (χ3n) is 3.46. The largest absolute Gasteiger partial charge is 0.370 e. The quantitative estimate of drug-likeness (QED) is 0.706. The first-order chi connectivity index (χ1) is 10.6. The fourth-order valence-electron chi connectivity index (χ4n) is 2.21. The van der Waals surface area contributed by atoms with Gasteiger partial charge in [-0.3, -0.25) is 9.48 Å². The summed E-state index contributed by atoms with van der Waals surface area (Å²) in [6, 6.07) is 0. The summed E-state index contributed by atoms with van der Waals surface area (Å²) in [5.74, 6) is 1.45. The van der Waals surface area contributed by atoms with E-state index in [1.54, 1.807) is 10.9 Å². The Hall–Kier alpha value is -2.64. The molecule has 0 aromatic carbocycles. The molecule has 1 aliphatic carbocycles. The molecule has 1 aliphatic rings. The summed E-state index contributed by atoms with van der Waals surface area (Å²) in [6.07, 6.45) is 7.98. The molecule has 3 rings (SSSR count). The zero-order valence-corrected chi connectivity index (χ0v) is 12.4. The maximum Gasteiger partial charge on any atom is 0.229 e. The first kappa shape index (κ1) is 14.3. The highest BCUT2D eigenvalue weighted by Gasteiger charge is 2.27. The van der Waals surface area contributed by atoms with Crippen LogP contribution in [-0.2, 0) is 11.8 Å². The third kappa shape index (κ3) is 3.51. The van der Waals surface area contributed by atoms with Crippen molar-refractivity contribution in [1.29, 1.82) is 0 Å². The Labute approximate surface area is 128 Å². The molecule has 0 radical (unpaired) electrons. The number of rotatable bonds is 7. The van der Waals surface area contributed by atoms with E-state index >= 15 is 0 Å². The Kier molecular flexibility index (Phi) is 3.90. The maximum atomic E-state index is 10.9. The topological polar surface area (TPSA) is 111 Å². The Morgan fingerprint density at radius 1 is 1.45 bits per heavy atom. The monoisotopic (exact) mass is 301 g/mol. The first-order valence-electron chi connectivity index (χ1n) is 7.26. The van der Waals surface area contributed by atoms with Gasteiger partial charge in [-0.15, -0.1) is 0 Å². The highest BCUT2D eigenvalue weighted by Crippen LogP contribution is 2.42. The molecule has 8 nitrogen and oxygen atoms in total. The second kappa shape index (κ2) is 6.00. The van der Waals surface area contributed by atoms with Crippen LogP contribution in [0.5, 0.6) is 0 Å². The summed E-state index contributed by atoms with van der Waals surface area (Å²) in [6.45, 7) is 0.471. The number of aryl methyl sites for hydroxylation is 1. The maximum absolute atomic E-state index is 10.9. The van der Waals surface area contributed by atoms with Gasteiger partial charge in [0.25, 0.3) is 0 Å². The first-order valence-corrected chi connectivity index (χ1v) is 7.26. The lowest BCUT2D eigenvalue weighted by Gasteiger charge is -2.11. The van der Waals surface area contributed by atoms with E-state index < -0.39 is 0 Å². The summed E-state index contributed by atoms with van der Waals surface area (Å²) >= 11 is 0. The molecule has 2 aromatic rings. The van der Waals surface area contributed by atoms with E-state index in [2.05, 4.69) is 25.7 Å². The Balaban J connectivity index is 1.75. The van der Waals surface area contributed by atoms with Crippen LogP contribution in [0, 0.1) is 0 Å². The molecule has 116 valence electrons. The van der Waals surface area contributed by atoms with E-state index in [4.69, 9.17) is 5.73 Å². The molecule has 0 atom stereocenters. The van der Waals surface area contributed by atoms with Gasteiger partial charge in [-0.05, 0) is 18.8 Å². The molecule has 0 bridgehead atoms. The number of primary amides is 1. The zero-order chi connectivity index (χ0) is 15.5. The van der Waals surface area contributed by atoms with Crippen molar-refractivity contribution in [3.8, 4) is 0 Å². The number of hydrogen-bond acceptors (Lipinski definition) is 6. The van der Waals surface area contributed by atoms with E-state index in [0.717, 1.165) is 29.9 Å². The molecule has 2 heterocycles. The molecule has 0 aliphatic heterocycles. The van der Waals surface area contributed by atoms with E-state index in [9.17, 15) is 4.79 Å². The van der Waals surface area contributed by atoms with Crippen LogP contribution in [0.2, 0.25) is 0 Å². The van der Waals surface area contributed by atoms with Crippen LogP contribution in [0.1, 0.15) is 30.7 Å². The van der Waals surface area contributed by atoms with Crippen molar-refractivity contribution in [1.82, 2.24) is 19.7 Å². The van der Waals surface area contributed by atoms with Gasteiger partial charge in [-0.1, -0.05) is 0 Å². The standard InChI is InChI=1S/C14H19N7O/c1-21-8-10(6-18-21)19-14-17-7-11(9-2-3-9)13(20-14)16-5-4-12(15)22/h6-9H,2-5H2,1H3,(H2,15,22)(H2,16,17,19,20). The minimum absolute atomic E-state index is 0.277. The summed E-state index contributed by atoms with van der Waals surface area (Å²) in [4.78, 5) is 19.7. The molecule has 0 saturated heterocycles. The van der Waals surface area contributed by atoms with Gasteiger partial charge in [0, 0.05) is 38.0 Å². The molecule has 0 unspecified atom stereocenters. The Morgan fingerprint density at radius 2 is 2.27 bits per heavy atom. The fraction of sp³-hybridized carbons (Fsp3) is 0.429. The van der Waals surface area contributed by atoms with Crippen molar-refractivity contribution >= 4 is 23.4 Å². The van der Waals surface area contributed by atoms with Crippen molar-refractivity contribution in [2.24, 2.45) is 12.8 Å². The van der Waals surface area contributed by atoms with Gasteiger partial charge in [0.05, 0.1) is 11.9 Å². The molecular formula is C14H19N7O. The van der Waals surface area contributed by atoms with Crippen molar-refractivity contribution in [3.63, 3.8) is 0 Å². The average molecular weight is 301 g/mol. The van der Waals surface area contributed by atoms with Gasteiger partial charge in [0.1, 0.15) is 5.82 Å². The van der Waals surface area contributed by atoms with Crippen LogP contribution in [0.15, 0.2) is 18.6 Å². The number of aromatic nitrogens is 4. The van der Waals surface area contributed by atoms with Crippen LogP contribution in [0.3, 0.4) is 0 Å². The molecule has 2 aromatic heterocycles. The van der Waals surface area contributed by atoms with Crippen molar-refractivity contribution in [2.75, 3.05) is 17.2 Å². The molecule has 8 heteroatoms. The van der Waals surface area contributed by atoms with Crippen molar-refractivity contribution in [2.45, 2.75) is 25.2 Å². The van der Waals surface area contributed by atoms with Crippen LogP contribution < -0.4 is 16.4 Å². The minimum atomic E-state index is -0.330. The van der Waals surface area contributed by atoms with Crippen molar-refractivity contribution in [3.05, 3.63) is 24.2 Å². The number of hydrogen-bond donors (Lipinski definition) is 3. The molecule has 1 amide bonds. The van der Waals surface area contributed by atoms with Crippen LogP contribution in [-0.4, -0.2) is 32.2 Å². The fourth-order valence-corrected chi connectivity index (χ4v) is 2.21. The minimum Gasteiger partial charge on any atom is -0.370 e. The zero-order valence-electron chi connectivity index (χ0n) is 12.4. The summed E-state index contributed by atoms with van der Waals surface area (Å²) in [5, 5.41) is 10.4. The number of nitrogens with one attached hydrogen (secondary N) is 2. The number of nitrogens with two attached hydrogens (primary N) is 1. The lowest BCUT2D eigenvalue weighted by molar-refractivity contribution is -0.117. The lowest BCUT2D eigenvalue weighted by atomic mass is 10.2. The molecular weight excluding hydrogens is 282 g/mol. The van der Waals surface area contributed by atoms with E-state index in [-0.39, 0.29) is 12.3 Å². The normalized spacial score (nSPS) is 13.9. The molecule has 1 fully saturated rings. The second-order valence-corrected chi connectivity index (χ2v) is 5.44. The Bertz CT molecular complexity index is 678. The van der Waals surface area contributed by atoms with Crippen molar-refractivity contribution < 1.29 is 4.79 Å². The highest BCUT2D eigenvalue weighted by molar-refractivity contribution is 5.74. The van der Waals surface area contributed by atoms with E-state index in [1.807, 2.05) is 19.4 Å². The number of nitrogens with zero attached hydrogens (tertiary/aromatic N) is 4. The van der Waals surface area contributed by atoms with Crippen LogP contribution >= 0.6 is 0 Å². The van der Waals surface area contributed by atoms with Gasteiger partial charge >= 0.3 is 0 Å². The van der Waals surface area contributed by atoms with Gasteiger partial charge in [0.2, 0.25) is 11.9 Å². The highest BCUT2D eigenvalue weighted by atomic mass is 16.1. The lowest BCUT2D eigenvalue weighted by Crippen LogP contribution is -2.17. The molecule has 1 saturated carbocycles. The third-order valence-corrected chi connectivity index (χ3v) is 3.46. The molecule has 4 N–H and O–H groups in total. The molecule has 22 heavy (non-hydrogen) atoms. The predicted molar refractivity (Wildman–Crippen MR) is 82.8 cm³/mol. The average Bonchev–Trinajstić information content (AvgIpc) is 3.22. The number of anilines is 3. The SMILES string of the molecule is Cn1cc(Nc2ncc(C3CC3)c(NCCC(N)=O)n2)cn1. The summed E-state index contributed by atoms with van der Waals surface area (Å²) < 4.78 is 1.70. The van der Waals surface area contributed by atoms with Crippen LogP contribution in [0.25, 0.3) is 0 Å². The van der Waals surface area contributed by atoms with Gasteiger partial charge < -0.3 is 16.4 Å². The number of carbonyl (C=O) groups is 1. The Morgan fingerprint density at radius 3 is 2.91 bits per heavy atom. The summed E-state index contributed by atoms with van der Waals surface area (Å²) in [5.41, 5.74) is 7.09. The van der Waals surface area contributed by atoms with Gasteiger partial charge in [-0.2, -0.15) is 10.1 Å². The van der Waals surface area contributed by atoms with Crippen LogP contribution in [0.4, 0.5) is 17.5 Å². The molecule has 0 spiro atoms. The van der Waals surface area contributed by atoms with E-state index in [0.29, 0.717) is 18.4 Å². The smallest absolute Gasteiger partial charge is 0.229 e. The number of carbonyl (C=O) groups excluding carboxylic acids is 1. The predicted octanol–water partition coefficient (Wildman–Crippen LogP) is 1.12. The van der Waals surface area contributed by atoms with E-state index in [1.165, 1.54) is 0 Å². The van der Waals surface area contributed by atoms with Gasteiger partial charge in [-0.25, -0.2) is 4.98 Å². The second-order valence-electron chi connectivity index (χ2n) is 5.44.